The van der Waals surface area contributed by atoms with Crippen LogP contribution in [0, 0.1) is 0 Å². The second-order valence-corrected chi connectivity index (χ2v) is 6.04. The molecule has 0 unspecified atom stereocenters. The summed E-state index contributed by atoms with van der Waals surface area (Å²) in [6, 6.07) is 10.4. The fourth-order valence-electron chi connectivity index (χ4n) is 2.97. The lowest BCUT2D eigenvalue weighted by Gasteiger charge is -2.14. The fraction of sp³-hybridized carbons (Fsp3) is 0.250. The van der Waals surface area contributed by atoms with E-state index in [1.165, 1.54) is 28.4 Å². The minimum absolute atomic E-state index is 0.185. The normalized spacial score (nSPS) is 10.6. The molecule has 1 aromatic heterocycles. The number of ether oxygens (including phenoxy) is 3. The molecule has 0 aliphatic heterocycles. The molecule has 8 heteroatoms. The third-order valence-electron chi connectivity index (χ3n) is 4.35. The van der Waals surface area contributed by atoms with Gasteiger partial charge in [0, 0.05) is 19.0 Å². The van der Waals surface area contributed by atoms with Crippen molar-refractivity contribution >= 4 is 16.7 Å². The molecular weight excluding hydrogens is 362 g/mol. The van der Waals surface area contributed by atoms with Gasteiger partial charge >= 0.3 is 0 Å². The van der Waals surface area contributed by atoms with E-state index < -0.39 is 0 Å². The van der Waals surface area contributed by atoms with Crippen LogP contribution in [0.5, 0.6) is 17.2 Å². The molecule has 146 valence electrons. The molecule has 28 heavy (non-hydrogen) atoms. The van der Waals surface area contributed by atoms with Crippen molar-refractivity contribution in [1.82, 2.24) is 15.1 Å². The summed E-state index contributed by atoms with van der Waals surface area (Å²) < 4.78 is 17.1. The van der Waals surface area contributed by atoms with Crippen LogP contribution in [-0.4, -0.2) is 37.0 Å². The maximum Gasteiger partial charge on any atom is 0.274 e. The third-order valence-corrected chi connectivity index (χ3v) is 4.35. The summed E-state index contributed by atoms with van der Waals surface area (Å²) in [4.78, 5) is 25.0. The van der Waals surface area contributed by atoms with E-state index in [2.05, 4.69) is 10.4 Å². The van der Waals surface area contributed by atoms with E-state index in [-0.39, 0.29) is 23.7 Å². The number of hydrogen-bond acceptors (Lipinski definition) is 6. The Morgan fingerprint density at radius 2 is 1.64 bits per heavy atom. The summed E-state index contributed by atoms with van der Waals surface area (Å²) >= 11 is 0. The average Bonchev–Trinajstić information content (AvgIpc) is 2.73. The Kier molecular flexibility index (Phi) is 5.49. The van der Waals surface area contributed by atoms with Gasteiger partial charge in [0.1, 0.15) is 0 Å². The van der Waals surface area contributed by atoms with Gasteiger partial charge in [-0.2, -0.15) is 5.10 Å². The Hall–Kier alpha value is -3.55. The van der Waals surface area contributed by atoms with E-state index >= 15 is 0 Å². The third kappa shape index (κ3) is 3.48. The van der Waals surface area contributed by atoms with Crippen molar-refractivity contribution in [2.45, 2.75) is 6.54 Å². The van der Waals surface area contributed by atoms with Crippen molar-refractivity contribution in [3.05, 3.63) is 58.0 Å². The number of nitrogens with one attached hydrogen (secondary N) is 1. The van der Waals surface area contributed by atoms with Gasteiger partial charge in [-0.15, -0.1) is 0 Å². The van der Waals surface area contributed by atoms with Crippen LogP contribution in [0.3, 0.4) is 0 Å². The van der Waals surface area contributed by atoms with Crippen molar-refractivity contribution in [2.75, 3.05) is 21.3 Å². The van der Waals surface area contributed by atoms with Crippen LogP contribution >= 0.6 is 0 Å². The zero-order valence-electron chi connectivity index (χ0n) is 16.1. The first-order valence-electron chi connectivity index (χ1n) is 8.53. The zero-order chi connectivity index (χ0) is 20.3. The summed E-state index contributed by atoms with van der Waals surface area (Å²) in [5.74, 6) is 1.08. The van der Waals surface area contributed by atoms with Gasteiger partial charge in [-0.25, -0.2) is 4.68 Å². The van der Waals surface area contributed by atoms with Gasteiger partial charge in [-0.05, 0) is 23.8 Å². The maximum absolute atomic E-state index is 12.8. The molecule has 3 rings (SSSR count). The van der Waals surface area contributed by atoms with Crippen molar-refractivity contribution < 1.29 is 19.0 Å². The van der Waals surface area contributed by atoms with E-state index in [1.54, 1.807) is 36.4 Å². The van der Waals surface area contributed by atoms with E-state index in [0.29, 0.717) is 28.0 Å². The van der Waals surface area contributed by atoms with Gasteiger partial charge in [0.25, 0.3) is 11.5 Å². The van der Waals surface area contributed by atoms with Crippen LogP contribution in [0.25, 0.3) is 10.8 Å². The topological polar surface area (TPSA) is 91.7 Å². The Morgan fingerprint density at radius 1 is 1.04 bits per heavy atom. The zero-order valence-corrected chi connectivity index (χ0v) is 16.1. The first kappa shape index (κ1) is 19.2. The number of benzene rings is 2. The fourth-order valence-corrected chi connectivity index (χ4v) is 2.97. The number of carbonyl (C=O) groups excluding carboxylic acids is 1. The number of rotatable bonds is 6. The van der Waals surface area contributed by atoms with Gasteiger partial charge in [-0.3, -0.25) is 9.59 Å². The molecule has 1 amide bonds. The minimum atomic E-state index is -0.388. The predicted octanol–water partition coefficient (Wildman–Crippen LogP) is 1.89. The second kappa shape index (κ2) is 7.99. The summed E-state index contributed by atoms with van der Waals surface area (Å²) in [6.45, 7) is 0.217. The second-order valence-electron chi connectivity index (χ2n) is 6.04. The molecule has 0 radical (unpaired) electrons. The standard InChI is InChI=1S/C20H21N3O5/c1-23-20(25)14-8-6-5-7-13(14)17(22-23)19(24)21-11-12-9-15(26-2)18(28-4)16(10-12)27-3/h5-10H,11H2,1-4H3,(H,21,24). The Labute approximate surface area is 161 Å². The highest BCUT2D eigenvalue weighted by Gasteiger charge is 2.17. The smallest absolute Gasteiger partial charge is 0.274 e. The molecule has 0 aliphatic carbocycles. The van der Waals surface area contributed by atoms with Crippen molar-refractivity contribution in [3.63, 3.8) is 0 Å². The number of nitrogens with zero attached hydrogens (tertiary/aromatic N) is 2. The van der Waals surface area contributed by atoms with E-state index in [4.69, 9.17) is 14.2 Å². The van der Waals surface area contributed by atoms with Crippen molar-refractivity contribution in [1.29, 1.82) is 0 Å². The molecule has 2 aromatic carbocycles. The Bertz CT molecular complexity index is 1070. The summed E-state index contributed by atoms with van der Waals surface area (Å²) in [5.41, 5.74) is 0.693. The van der Waals surface area contributed by atoms with Gasteiger partial charge < -0.3 is 19.5 Å². The van der Waals surface area contributed by atoms with Gasteiger partial charge in [-0.1, -0.05) is 18.2 Å². The molecule has 8 nitrogen and oxygen atoms in total. The minimum Gasteiger partial charge on any atom is -0.493 e. The molecule has 0 saturated heterocycles. The van der Waals surface area contributed by atoms with Crippen molar-refractivity contribution in [2.24, 2.45) is 7.05 Å². The highest BCUT2D eigenvalue weighted by atomic mass is 16.5. The first-order chi connectivity index (χ1) is 13.5. The van der Waals surface area contributed by atoms with Crippen LogP contribution in [0.15, 0.2) is 41.2 Å². The van der Waals surface area contributed by atoms with Gasteiger partial charge in [0.2, 0.25) is 5.75 Å². The maximum atomic E-state index is 12.8. The van der Waals surface area contributed by atoms with Crippen molar-refractivity contribution in [3.8, 4) is 17.2 Å². The average molecular weight is 383 g/mol. The lowest BCUT2D eigenvalue weighted by molar-refractivity contribution is 0.0945. The Balaban J connectivity index is 1.90. The van der Waals surface area contributed by atoms with E-state index in [0.717, 1.165) is 10.2 Å². The highest BCUT2D eigenvalue weighted by molar-refractivity contribution is 6.04. The molecule has 0 fully saturated rings. The summed E-state index contributed by atoms with van der Waals surface area (Å²) in [7, 11) is 6.10. The number of aryl methyl sites for hydroxylation is 1. The monoisotopic (exact) mass is 383 g/mol. The number of hydrogen-bond donors (Lipinski definition) is 1. The molecule has 0 atom stereocenters. The molecule has 1 heterocycles. The molecule has 0 bridgehead atoms. The number of amides is 1. The molecule has 0 spiro atoms. The van der Waals surface area contributed by atoms with Gasteiger partial charge in [0.05, 0.1) is 26.7 Å². The quantitative estimate of drug-likeness (QED) is 0.699. The van der Waals surface area contributed by atoms with Crippen LogP contribution in [0.2, 0.25) is 0 Å². The van der Waals surface area contributed by atoms with E-state index in [1.807, 2.05) is 0 Å². The molecule has 1 N–H and O–H groups in total. The number of fused-ring (bicyclic) bond motifs is 1. The highest BCUT2D eigenvalue weighted by Crippen LogP contribution is 2.38. The lowest BCUT2D eigenvalue weighted by atomic mass is 10.1. The van der Waals surface area contributed by atoms with E-state index in [9.17, 15) is 9.59 Å². The molecule has 0 saturated carbocycles. The van der Waals surface area contributed by atoms with Crippen LogP contribution in [0.4, 0.5) is 0 Å². The molecular formula is C20H21N3O5. The van der Waals surface area contributed by atoms with Crippen LogP contribution < -0.4 is 25.1 Å². The first-order valence-corrected chi connectivity index (χ1v) is 8.53. The largest absolute Gasteiger partial charge is 0.493 e. The lowest BCUT2D eigenvalue weighted by Crippen LogP contribution is -2.29. The SMILES string of the molecule is COc1cc(CNC(=O)c2nn(C)c(=O)c3ccccc23)cc(OC)c1OC. The van der Waals surface area contributed by atoms with Crippen LogP contribution in [0.1, 0.15) is 16.1 Å². The number of methoxy groups -OCH3 is 3. The predicted molar refractivity (Wildman–Crippen MR) is 104 cm³/mol. The molecule has 0 aliphatic rings. The molecule has 3 aromatic rings. The summed E-state index contributed by atoms with van der Waals surface area (Å²) in [6.07, 6.45) is 0. The summed E-state index contributed by atoms with van der Waals surface area (Å²) in [5, 5.41) is 7.91. The number of aromatic nitrogens is 2. The Morgan fingerprint density at radius 3 is 2.21 bits per heavy atom. The number of carbonyl (C=O) groups is 1. The van der Waals surface area contributed by atoms with Crippen LogP contribution in [-0.2, 0) is 13.6 Å². The van der Waals surface area contributed by atoms with Gasteiger partial charge in [0.15, 0.2) is 17.2 Å².